The van der Waals surface area contributed by atoms with Crippen LogP contribution in [0.25, 0.3) is 5.76 Å². The summed E-state index contributed by atoms with van der Waals surface area (Å²) in [5.74, 6) is -0.593. The van der Waals surface area contributed by atoms with Crippen LogP contribution in [0.4, 0.5) is 5.82 Å². The van der Waals surface area contributed by atoms with Gasteiger partial charge in [-0.05, 0) is 62.7 Å². The van der Waals surface area contributed by atoms with Crippen LogP contribution >= 0.6 is 11.6 Å². The Kier molecular flexibility index (Phi) is 5.76. The number of nitrogens with zero attached hydrogens (tertiary/aromatic N) is 2. The molecule has 8 heteroatoms. The maximum absolute atomic E-state index is 13.1. The molecule has 1 fully saturated rings. The van der Waals surface area contributed by atoms with E-state index in [1.807, 2.05) is 13.8 Å². The molecule has 7 nitrogen and oxygen atoms in total. The van der Waals surface area contributed by atoms with Crippen LogP contribution in [0.5, 0.6) is 5.75 Å². The van der Waals surface area contributed by atoms with Gasteiger partial charge in [0.15, 0.2) is 5.82 Å². The average Bonchev–Trinajstić information content (AvgIpc) is 3.29. The molecule has 0 spiro atoms. The summed E-state index contributed by atoms with van der Waals surface area (Å²) in [6.45, 7) is 5.53. The lowest BCUT2D eigenvalue weighted by atomic mass is 9.95. The number of carbonyl (C=O) groups excluding carboxylic acids is 2. The summed E-state index contributed by atoms with van der Waals surface area (Å²) in [6.07, 6.45) is -0.00510. The largest absolute Gasteiger partial charge is 0.507 e. The molecule has 1 aromatic heterocycles. The number of benzene rings is 2. The van der Waals surface area contributed by atoms with Crippen molar-refractivity contribution in [2.75, 3.05) is 4.90 Å². The van der Waals surface area contributed by atoms with Gasteiger partial charge in [0.1, 0.15) is 17.3 Å². The zero-order valence-electron chi connectivity index (χ0n) is 17.7. The predicted molar refractivity (Wildman–Crippen MR) is 120 cm³/mol. The molecule has 1 amide bonds. The lowest BCUT2D eigenvalue weighted by Gasteiger charge is -2.23. The summed E-state index contributed by atoms with van der Waals surface area (Å²) in [6, 6.07) is 14.1. The number of amides is 1. The highest BCUT2D eigenvalue weighted by Gasteiger charge is 2.48. The number of aromatic nitrogens is 1. The highest BCUT2D eigenvalue weighted by Crippen LogP contribution is 2.42. The quantitative estimate of drug-likeness (QED) is 0.331. The third kappa shape index (κ3) is 3.99. The number of aliphatic hydroxyl groups excluding tert-OH is 1. The van der Waals surface area contributed by atoms with Crippen LogP contribution in [0, 0.1) is 6.92 Å². The molecule has 1 N–H and O–H groups in total. The molecule has 32 heavy (non-hydrogen) atoms. The zero-order valence-corrected chi connectivity index (χ0v) is 18.5. The molecule has 2 heterocycles. The van der Waals surface area contributed by atoms with E-state index < -0.39 is 17.7 Å². The molecule has 164 valence electrons. The summed E-state index contributed by atoms with van der Waals surface area (Å²) >= 11 is 5.95. The molecule has 3 aromatic rings. The van der Waals surface area contributed by atoms with E-state index in [1.54, 1.807) is 61.5 Å². The van der Waals surface area contributed by atoms with Crippen molar-refractivity contribution in [1.29, 1.82) is 0 Å². The Morgan fingerprint density at radius 1 is 1.12 bits per heavy atom. The number of Topliss-reactive ketones (excluding diaryl/α,β-unsaturated/α-hetero) is 1. The normalized spacial score (nSPS) is 17.9. The highest BCUT2D eigenvalue weighted by atomic mass is 35.5. The average molecular weight is 453 g/mol. The molecule has 1 atom stereocenters. The van der Waals surface area contributed by atoms with Crippen LogP contribution in [0.2, 0.25) is 5.02 Å². The van der Waals surface area contributed by atoms with Crippen LogP contribution in [0.15, 0.2) is 64.7 Å². The molecule has 0 aliphatic carbocycles. The first-order valence-electron chi connectivity index (χ1n) is 10.0. The van der Waals surface area contributed by atoms with E-state index >= 15 is 0 Å². The number of hydrogen-bond donors (Lipinski definition) is 1. The van der Waals surface area contributed by atoms with E-state index in [0.717, 1.165) is 0 Å². The van der Waals surface area contributed by atoms with Crippen LogP contribution < -0.4 is 9.64 Å². The third-order valence-corrected chi connectivity index (χ3v) is 5.24. The predicted octanol–water partition coefficient (Wildman–Crippen LogP) is 5.05. The lowest BCUT2D eigenvalue weighted by molar-refractivity contribution is -0.132. The van der Waals surface area contributed by atoms with Crippen molar-refractivity contribution in [2.45, 2.75) is 32.9 Å². The first kappa shape index (κ1) is 21.6. The van der Waals surface area contributed by atoms with Crippen molar-refractivity contribution in [3.63, 3.8) is 0 Å². The molecule has 0 bridgehead atoms. The molecule has 4 rings (SSSR count). The maximum atomic E-state index is 13.1. The second-order valence-corrected chi connectivity index (χ2v) is 8.14. The van der Waals surface area contributed by atoms with Crippen LogP contribution in [-0.4, -0.2) is 28.1 Å². The molecular weight excluding hydrogens is 432 g/mol. The first-order chi connectivity index (χ1) is 15.3. The van der Waals surface area contributed by atoms with Gasteiger partial charge < -0.3 is 14.4 Å². The minimum Gasteiger partial charge on any atom is -0.507 e. The molecule has 1 aliphatic heterocycles. The zero-order chi connectivity index (χ0) is 23.0. The summed E-state index contributed by atoms with van der Waals surface area (Å²) < 4.78 is 10.8. The number of carbonyl (C=O) groups is 2. The Hall–Kier alpha value is -3.58. The van der Waals surface area contributed by atoms with E-state index in [1.165, 1.54) is 4.90 Å². The van der Waals surface area contributed by atoms with Gasteiger partial charge in [-0.1, -0.05) is 28.9 Å². The van der Waals surface area contributed by atoms with Gasteiger partial charge in [0.25, 0.3) is 5.78 Å². The number of ketones is 1. The molecule has 0 radical (unpaired) electrons. The van der Waals surface area contributed by atoms with Crippen molar-refractivity contribution in [1.82, 2.24) is 5.16 Å². The van der Waals surface area contributed by atoms with Gasteiger partial charge in [-0.3, -0.25) is 14.5 Å². The Balaban J connectivity index is 1.87. The minimum atomic E-state index is -0.900. The van der Waals surface area contributed by atoms with Gasteiger partial charge >= 0.3 is 5.91 Å². The number of rotatable bonds is 5. The number of ether oxygens (including phenoxy) is 1. The van der Waals surface area contributed by atoms with E-state index in [2.05, 4.69) is 5.16 Å². The van der Waals surface area contributed by atoms with Crippen molar-refractivity contribution in [3.8, 4) is 5.75 Å². The fourth-order valence-electron chi connectivity index (χ4n) is 3.62. The highest BCUT2D eigenvalue weighted by molar-refractivity contribution is 6.51. The summed E-state index contributed by atoms with van der Waals surface area (Å²) in [4.78, 5) is 27.3. The molecule has 1 aliphatic rings. The Bertz CT molecular complexity index is 1200. The second kappa shape index (κ2) is 8.51. The van der Waals surface area contributed by atoms with Gasteiger partial charge in [0.2, 0.25) is 0 Å². The molecule has 1 saturated heterocycles. The third-order valence-electron chi connectivity index (χ3n) is 4.99. The maximum Gasteiger partial charge on any atom is 0.301 e. The van der Waals surface area contributed by atoms with E-state index in [9.17, 15) is 14.7 Å². The number of aryl methyl sites for hydroxylation is 1. The van der Waals surface area contributed by atoms with Gasteiger partial charge in [0.05, 0.1) is 17.7 Å². The van der Waals surface area contributed by atoms with Crippen molar-refractivity contribution in [2.24, 2.45) is 0 Å². The van der Waals surface area contributed by atoms with Crippen molar-refractivity contribution < 1.29 is 24.0 Å². The topological polar surface area (TPSA) is 92.9 Å². The van der Waals surface area contributed by atoms with Gasteiger partial charge in [0, 0.05) is 16.7 Å². The minimum absolute atomic E-state index is 0.00510. The van der Waals surface area contributed by atoms with Gasteiger partial charge in [-0.25, -0.2) is 0 Å². The van der Waals surface area contributed by atoms with E-state index in [0.29, 0.717) is 27.7 Å². The van der Waals surface area contributed by atoms with Crippen molar-refractivity contribution in [3.05, 3.63) is 82.1 Å². The SMILES string of the molecule is Cc1cc(N2C(=O)C(=O)/C(=C(/O)c3ccc(Cl)cc3)C2c2ccc(OC(C)C)cc2)no1. The second-order valence-electron chi connectivity index (χ2n) is 7.71. The summed E-state index contributed by atoms with van der Waals surface area (Å²) in [7, 11) is 0. The Morgan fingerprint density at radius 3 is 2.34 bits per heavy atom. The van der Waals surface area contributed by atoms with Gasteiger partial charge in [-0.2, -0.15) is 0 Å². The standard InChI is InChI=1S/C24H21ClN2O5/c1-13(2)31-18-10-6-15(7-11-18)21-20(22(28)16-4-8-17(25)9-5-16)23(29)24(30)27(21)19-12-14(3)32-26-19/h4-13,21,28H,1-3H3/b22-20+. The van der Waals surface area contributed by atoms with E-state index in [-0.39, 0.29) is 23.3 Å². The molecule has 0 saturated carbocycles. The Morgan fingerprint density at radius 2 is 1.78 bits per heavy atom. The van der Waals surface area contributed by atoms with Crippen molar-refractivity contribution >= 4 is 34.9 Å². The van der Waals surface area contributed by atoms with Crippen LogP contribution in [0.1, 0.15) is 36.8 Å². The fraction of sp³-hybridized carbons (Fsp3) is 0.208. The monoisotopic (exact) mass is 452 g/mol. The molecule has 2 aromatic carbocycles. The van der Waals surface area contributed by atoms with Gasteiger partial charge in [-0.15, -0.1) is 0 Å². The number of halogens is 1. The van der Waals surface area contributed by atoms with Crippen LogP contribution in [0.3, 0.4) is 0 Å². The van der Waals surface area contributed by atoms with Crippen LogP contribution in [-0.2, 0) is 9.59 Å². The fourth-order valence-corrected chi connectivity index (χ4v) is 3.74. The summed E-state index contributed by atoms with van der Waals surface area (Å²) in [5.41, 5.74) is 0.931. The molecule has 1 unspecified atom stereocenters. The smallest absolute Gasteiger partial charge is 0.301 e. The number of aliphatic hydroxyl groups is 1. The number of anilines is 1. The number of hydrogen-bond acceptors (Lipinski definition) is 6. The first-order valence-corrected chi connectivity index (χ1v) is 10.4. The molecular formula is C24H21ClN2O5. The summed E-state index contributed by atoms with van der Waals surface area (Å²) in [5, 5.41) is 15.5. The Labute approximate surface area is 189 Å². The lowest BCUT2D eigenvalue weighted by Crippen LogP contribution is -2.29. The van der Waals surface area contributed by atoms with E-state index in [4.69, 9.17) is 20.9 Å².